The van der Waals surface area contributed by atoms with Gasteiger partial charge in [-0.2, -0.15) is 0 Å². The maximum atomic E-state index is 11.3. The van der Waals surface area contributed by atoms with Gasteiger partial charge in [-0.1, -0.05) is 84.4 Å². The van der Waals surface area contributed by atoms with Crippen molar-refractivity contribution in [1.82, 2.24) is 0 Å². The van der Waals surface area contributed by atoms with Crippen LogP contribution in [-0.4, -0.2) is 23.7 Å². The van der Waals surface area contributed by atoms with Crippen molar-refractivity contribution in [3.8, 4) is 11.1 Å². The molecule has 2 atom stereocenters. The smallest absolute Gasteiger partial charge is 0.322 e. The lowest BCUT2D eigenvalue weighted by atomic mass is 9.82. The van der Waals surface area contributed by atoms with Gasteiger partial charge >= 0.3 is 5.97 Å². The van der Waals surface area contributed by atoms with Gasteiger partial charge in [-0.05, 0) is 35.3 Å². The molecule has 3 aromatic rings. The molecule has 0 heterocycles. The van der Waals surface area contributed by atoms with Gasteiger partial charge in [0.25, 0.3) is 0 Å². The van der Waals surface area contributed by atoms with Crippen molar-refractivity contribution in [1.29, 1.82) is 0 Å². The monoisotopic (exact) mass is 385 g/mol. The van der Waals surface area contributed by atoms with Gasteiger partial charge in [-0.15, -0.1) is 0 Å². The number of fused-ring (bicyclic) bond motifs is 3. The summed E-state index contributed by atoms with van der Waals surface area (Å²) < 4.78 is 6.36. The second-order valence-corrected chi connectivity index (χ2v) is 7.32. The van der Waals surface area contributed by atoms with Crippen LogP contribution in [0.2, 0.25) is 0 Å². The molecule has 0 fully saturated rings. The summed E-state index contributed by atoms with van der Waals surface area (Å²) in [5.74, 6) is -1.08. The molecule has 0 aromatic heterocycles. The Bertz CT molecular complexity index is 1070. The highest BCUT2D eigenvalue weighted by molar-refractivity contribution is 5.82. The summed E-state index contributed by atoms with van der Waals surface area (Å²) >= 11 is 0. The molecule has 4 heteroatoms. The van der Waals surface area contributed by atoms with E-state index in [0.29, 0.717) is 0 Å². The van der Waals surface area contributed by atoms with Gasteiger partial charge in [-0.3, -0.25) is 4.79 Å². The molecule has 0 saturated carbocycles. The van der Waals surface area contributed by atoms with Gasteiger partial charge in [0.05, 0.1) is 6.61 Å². The Labute approximate surface area is 170 Å². The molecule has 4 nitrogen and oxygen atoms in total. The van der Waals surface area contributed by atoms with Gasteiger partial charge in [0, 0.05) is 5.56 Å². The Balaban J connectivity index is 1.95. The Morgan fingerprint density at radius 3 is 2.38 bits per heavy atom. The molecule has 0 radical (unpaired) electrons. The van der Waals surface area contributed by atoms with Crippen molar-refractivity contribution in [3.63, 3.8) is 0 Å². The van der Waals surface area contributed by atoms with Crippen molar-refractivity contribution in [2.45, 2.75) is 18.6 Å². The summed E-state index contributed by atoms with van der Waals surface area (Å²) in [7, 11) is 0. The molecule has 3 N–H and O–H groups in total. The molecule has 1 aliphatic rings. The molecule has 1 unspecified atom stereocenters. The lowest BCUT2D eigenvalue weighted by Gasteiger charge is -2.34. The molecule has 0 saturated heterocycles. The van der Waals surface area contributed by atoms with Crippen LogP contribution in [-0.2, 0) is 15.1 Å². The van der Waals surface area contributed by atoms with E-state index in [4.69, 9.17) is 10.5 Å². The number of carbonyl (C=O) groups is 1. The van der Waals surface area contributed by atoms with Crippen LogP contribution >= 0.6 is 0 Å². The lowest BCUT2D eigenvalue weighted by Crippen LogP contribution is -2.40. The van der Waals surface area contributed by atoms with Crippen molar-refractivity contribution in [3.05, 3.63) is 101 Å². The van der Waals surface area contributed by atoms with Gasteiger partial charge in [0.1, 0.15) is 11.6 Å². The zero-order valence-corrected chi connectivity index (χ0v) is 16.2. The number of carboxylic acid groups (broad SMARTS) is 1. The van der Waals surface area contributed by atoms with E-state index in [9.17, 15) is 9.90 Å². The van der Waals surface area contributed by atoms with Crippen molar-refractivity contribution < 1.29 is 14.6 Å². The molecule has 1 aliphatic carbocycles. The molecule has 0 bridgehead atoms. The van der Waals surface area contributed by atoms with E-state index in [1.54, 1.807) is 0 Å². The fourth-order valence-corrected chi connectivity index (χ4v) is 3.78. The number of benzene rings is 3. The first-order chi connectivity index (χ1) is 14.0. The van der Waals surface area contributed by atoms with Gasteiger partial charge in [0.15, 0.2) is 0 Å². The van der Waals surface area contributed by atoms with Gasteiger partial charge < -0.3 is 15.6 Å². The van der Waals surface area contributed by atoms with E-state index in [1.165, 1.54) is 0 Å². The first kappa shape index (κ1) is 19.1. The summed E-state index contributed by atoms with van der Waals surface area (Å²) in [6, 6.07) is 23.3. The summed E-state index contributed by atoms with van der Waals surface area (Å²) in [5, 5.41) is 9.27. The molecule has 4 rings (SSSR count). The molecule has 0 amide bonds. The van der Waals surface area contributed by atoms with E-state index in [0.717, 1.165) is 33.4 Å². The summed E-state index contributed by atoms with van der Waals surface area (Å²) in [6.07, 6.45) is 4.05. The topological polar surface area (TPSA) is 72.5 Å². The molecular weight excluding hydrogens is 362 g/mol. The van der Waals surface area contributed by atoms with Crippen molar-refractivity contribution in [2.75, 3.05) is 6.61 Å². The van der Waals surface area contributed by atoms with Crippen LogP contribution in [0.3, 0.4) is 0 Å². The second kappa shape index (κ2) is 7.66. The Morgan fingerprint density at radius 2 is 1.66 bits per heavy atom. The van der Waals surface area contributed by atoms with Crippen molar-refractivity contribution >= 4 is 12.0 Å². The number of hydrogen-bond donors (Lipinski definition) is 2. The third-order valence-corrected chi connectivity index (χ3v) is 5.36. The van der Waals surface area contributed by atoms with E-state index in [-0.39, 0.29) is 6.61 Å². The fraction of sp³-hybridized carbons (Fsp3) is 0.160. The van der Waals surface area contributed by atoms with Crippen LogP contribution in [0.1, 0.15) is 22.3 Å². The zero-order valence-electron chi connectivity index (χ0n) is 16.2. The van der Waals surface area contributed by atoms with Crippen LogP contribution in [0, 0.1) is 6.92 Å². The third kappa shape index (κ3) is 3.48. The number of hydrogen-bond acceptors (Lipinski definition) is 3. The zero-order chi connectivity index (χ0) is 20.4. The lowest BCUT2D eigenvalue weighted by molar-refractivity contribution is -0.141. The van der Waals surface area contributed by atoms with Crippen LogP contribution in [0.4, 0.5) is 0 Å². The van der Waals surface area contributed by atoms with E-state index < -0.39 is 17.6 Å². The van der Waals surface area contributed by atoms with E-state index >= 15 is 0 Å². The van der Waals surface area contributed by atoms with E-state index in [2.05, 4.69) is 18.2 Å². The maximum absolute atomic E-state index is 11.3. The Hall–Kier alpha value is -3.21. The average molecular weight is 385 g/mol. The maximum Gasteiger partial charge on any atom is 0.322 e. The largest absolute Gasteiger partial charge is 0.480 e. The highest BCUT2D eigenvalue weighted by Crippen LogP contribution is 2.44. The number of aliphatic carboxylic acids is 1. The molecule has 0 spiro atoms. The molecule has 146 valence electrons. The van der Waals surface area contributed by atoms with Crippen LogP contribution in [0.15, 0.2) is 78.9 Å². The summed E-state index contributed by atoms with van der Waals surface area (Å²) in [4.78, 5) is 11.3. The summed E-state index contributed by atoms with van der Waals surface area (Å²) in [5.41, 5.74) is 11.1. The Kier molecular flexibility index (Phi) is 5.05. The number of aryl methyl sites for hydroxylation is 1. The Morgan fingerprint density at radius 1 is 1.00 bits per heavy atom. The molecular formula is C25H23NO3. The highest BCUT2D eigenvalue weighted by atomic mass is 16.5. The SMILES string of the molecule is Cc1ccc(C2(OC[C@H](N)C(=O)O)C=Cc3ccccc3-c3ccccc32)cc1. The minimum atomic E-state index is -1.11. The first-order valence-corrected chi connectivity index (χ1v) is 9.59. The van der Waals surface area contributed by atoms with Crippen LogP contribution < -0.4 is 5.73 Å². The number of rotatable bonds is 5. The molecule has 0 aliphatic heterocycles. The minimum Gasteiger partial charge on any atom is -0.480 e. The number of carboxylic acids is 1. The second-order valence-electron chi connectivity index (χ2n) is 7.32. The summed E-state index contributed by atoms with van der Waals surface area (Å²) in [6.45, 7) is 1.92. The molecule has 29 heavy (non-hydrogen) atoms. The number of ether oxygens (including phenoxy) is 1. The van der Waals surface area contributed by atoms with E-state index in [1.807, 2.05) is 73.7 Å². The van der Waals surface area contributed by atoms with Gasteiger partial charge in [-0.25, -0.2) is 0 Å². The standard InChI is InChI=1S/C25H23NO3/c1-17-10-12-19(13-11-17)25(29-16-23(26)24(27)28)15-14-18-6-2-3-7-20(18)21-8-4-5-9-22(21)25/h2-15,23H,16,26H2,1H3,(H,27,28)/t23-,25?/m0/s1. The van der Waals surface area contributed by atoms with Crippen LogP contribution in [0.25, 0.3) is 17.2 Å². The normalized spacial score (nSPS) is 18.4. The molecule has 3 aromatic carbocycles. The quantitative estimate of drug-likeness (QED) is 0.684. The predicted molar refractivity (Wildman–Crippen MR) is 114 cm³/mol. The minimum absolute atomic E-state index is 0.113. The highest BCUT2D eigenvalue weighted by Gasteiger charge is 2.37. The number of nitrogens with two attached hydrogens (primary N) is 1. The fourth-order valence-electron chi connectivity index (χ4n) is 3.78. The first-order valence-electron chi connectivity index (χ1n) is 9.59. The van der Waals surface area contributed by atoms with Crippen molar-refractivity contribution in [2.24, 2.45) is 5.73 Å². The third-order valence-electron chi connectivity index (χ3n) is 5.36. The average Bonchev–Trinajstić information content (AvgIpc) is 2.88. The van der Waals surface area contributed by atoms with Gasteiger partial charge in [0.2, 0.25) is 0 Å². The van der Waals surface area contributed by atoms with Crippen LogP contribution in [0.5, 0.6) is 0 Å². The predicted octanol–water partition coefficient (Wildman–Crippen LogP) is 4.36.